The maximum absolute atomic E-state index is 5.34. The molecule has 0 saturated carbocycles. The zero-order valence-corrected chi connectivity index (χ0v) is 10.6. The van der Waals surface area contributed by atoms with Gasteiger partial charge in [-0.05, 0) is 35.0 Å². The van der Waals surface area contributed by atoms with E-state index in [1.54, 1.807) is 0 Å². The van der Waals surface area contributed by atoms with Crippen LogP contribution in [0, 0.1) is 0 Å². The fraction of sp³-hybridized carbons (Fsp3) is 0.600. The predicted molar refractivity (Wildman–Crippen MR) is 62.8 cm³/mol. The van der Waals surface area contributed by atoms with Crippen LogP contribution in [-0.2, 0) is 4.74 Å². The first-order chi connectivity index (χ1) is 6.77. The van der Waals surface area contributed by atoms with Crippen LogP contribution in [0.15, 0.2) is 15.9 Å². The Labute approximate surface area is 97.0 Å². The predicted octanol–water partition coefficient (Wildman–Crippen LogP) is 2.90. The van der Waals surface area contributed by atoms with Crippen molar-refractivity contribution in [3.63, 3.8) is 0 Å². The number of hydrogen-bond acceptors (Lipinski definition) is 3. The summed E-state index contributed by atoms with van der Waals surface area (Å²) in [5.74, 6) is 0. The molecule has 1 aromatic heterocycles. The van der Waals surface area contributed by atoms with Gasteiger partial charge < -0.3 is 4.74 Å². The molecule has 0 bridgehead atoms. The van der Waals surface area contributed by atoms with E-state index < -0.39 is 0 Å². The van der Waals surface area contributed by atoms with E-state index in [2.05, 4.69) is 39.9 Å². The van der Waals surface area contributed by atoms with Crippen LogP contribution in [-0.4, -0.2) is 31.2 Å². The van der Waals surface area contributed by atoms with Crippen molar-refractivity contribution in [2.75, 3.05) is 26.3 Å². The van der Waals surface area contributed by atoms with Gasteiger partial charge in [-0.1, -0.05) is 0 Å². The van der Waals surface area contributed by atoms with Crippen LogP contribution in [0.4, 0.5) is 0 Å². The highest BCUT2D eigenvalue weighted by Gasteiger charge is 2.19. The van der Waals surface area contributed by atoms with Gasteiger partial charge in [0.1, 0.15) is 0 Å². The third kappa shape index (κ3) is 2.37. The largest absolute Gasteiger partial charge is 0.379 e. The lowest BCUT2D eigenvalue weighted by Gasteiger charge is -2.31. The molecule has 78 valence electrons. The zero-order chi connectivity index (χ0) is 9.97. The fourth-order valence-corrected chi connectivity index (χ4v) is 3.21. The van der Waals surface area contributed by atoms with Gasteiger partial charge in [0.15, 0.2) is 0 Å². The molecule has 0 N–H and O–H groups in total. The highest BCUT2D eigenvalue weighted by molar-refractivity contribution is 9.11. The van der Waals surface area contributed by atoms with Gasteiger partial charge in [-0.15, -0.1) is 11.3 Å². The molecule has 1 saturated heterocycles. The summed E-state index contributed by atoms with van der Waals surface area (Å²) in [5.41, 5.74) is 0. The third-order valence-corrected chi connectivity index (χ3v) is 4.39. The maximum Gasteiger partial charge on any atom is 0.0701 e. The molecule has 0 spiro atoms. The Hall–Kier alpha value is 0.1000. The molecule has 1 fully saturated rings. The summed E-state index contributed by atoms with van der Waals surface area (Å²) in [4.78, 5) is 3.90. The molecule has 14 heavy (non-hydrogen) atoms. The quantitative estimate of drug-likeness (QED) is 0.823. The molecular formula is C10H14BrNOS. The van der Waals surface area contributed by atoms with E-state index in [1.165, 1.54) is 8.66 Å². The number of rotatable bonds is 2. The van der Waals surface area contributed by atoms with Crippen molar-refractivity contribution >= 4 is 27.3 Å². The number of nitrogens with zero attached hydrogens (tertiary/aromatic N) is 1. The Morgan fingerprint density at radius 2 is 2.14 bits per heavy atom. The third-order valence-electron chi connectivity index (χ3n) is 2.60. The molecule has 1 aromatic rings. The minimum absolute atomic E-state index is 0.523. The van der Waals surface area contributed by atoms with Gasteiger partial charge in [-0.2, -0.15) is 0 Å². The van der Waals surface area contributed by atoms with E-state index >= 15 is 0 Å². The van der Waals surface area contributed by atoms with Crippen molar-refractivity contribution in [3.8, 4) is 0 Å². The molecule has 4 heteroatoms. The molecule has 1 aliphatic rings. The van der Waals surface area contributed by atoms with Crippen LogP contribution < -0.4 is 0 Å². The van der Waals surface area contributed by atoms with Crippen LogP contribution in [0.5, 0.6) is 0 Å². The number of halogens is 1. The van der Waals surface area contributed by atoms with E-state index in [1.807, 2.05) is 11.3 Å². The van der Waals surface area contributed by atoms with Gasteiger partial charge in [0, 0.05) is 24.0 Å². The molecular weight excluding hydrogens is 262 g/mol. The van der Waals surface area contributed by atoms with Crippen molar-refractivity contribution < 1.29 is 4.74 Å². The van der Waals surface area contributed by atoms with Crippen LogP contribution in [0.25, 0.3) is 0 Å². The number of morpholine rings is 1. The molecule has 2 nitrogen and oxygen atoms in total. The van der Waals surface area contributed by atoms with Crippen molar-refractivity contribution in [1.82, 2.24) is 4.90 Å². The summed E-state index contributed by atoms with van der Waals surface area (Å²) in [7, 11) is 0. The Bertz CT molecular complexity index is 296. The van der Waals surface area contributed by atoms with Gasteiger partial charge in [-0.3, -0.25) is 4.90 Å². The molecule has 0 aromatic carbocycles. The maximum atomic E-state index is 5.34. The van der Waals surface area contributed by atoms with E-state index in [9.17, 15) is 0 Å². The summed E-state index contributed by atoms with van der Waals surface area (Å²) < 4.78 is 6.56. The minimum atomic E-state index is 0.523. The van der Waals surface area contributed by atoms with Crippen LogP contribution >= 0.6 is 27.3 Å². The Morgan fingerprint density at radius 3 is 2.71 bits per heavy atom. The minimum Gasteiger partial charge on any atom is -0.379 e. The molecule has 0 aliphatic carbocycles. The monoisotopic (exact) mass is 275 g/mol. The lowest BCUT2D eigenvalue weighted by atomic mass is 10.2. The highest BCUT2D eigenvalue weighted by atomic mass is 79.9. The van der Waals surface area contributed by atoms with Gasteiger partial charge in [0.2, 0.25) is 0 Å². The molecule has 2 heterocycles. The standard InChI is InChI=1S/C10H14BrNOS/c1-8(9-2-3-10(11)14-9)12-4-6-13-7-5-12/h2-3,8H,4-7H2,1H3. The Kier molecular flexibility index (Phi) is 3.60. The first-order valence-corrected chi connectivity index (χ1v) is 6.45. The summed E-state index contributed by atoms with van der Waals surface area (Å²) >= 11 is 5.32. The second-order valence-electron chi connectivity index (χ2n) is 3.47. The van der Waals surface area contributed by atoms with E-state index in [-0.39, 0.29) is 0 Å². The van der Waals surface area contributed by atoms with Gasteiger partial charge >= 0.3 is 0 Å². The van der Waals surface area contributed by atoms with Crippen molar-refractivity contribution in [1.29, 1.82) is 0 Å². The van der Waals surface area contributed by atoms with Crippen LogP contribution in [0.3, 0.4) is 0 Å². The van der Waals surface area contributed by atoms with Crippen molar-refractivity contribution in [2.24, 2.45) is 0 Å². The van der Waals surface area contributed by atoms with Crippen LogP contribution in [0.2, 0.25) is 0 Å². The lowest BCUT2D eigenvalue weighted by Crippen LogP contribution is -2.37. The second kappa shape index (κ2) is 4.75. The highest BCUT2D eigenvalue weighted by Crippen LogP contribution is 2.30. The number of hydrogen-bond donors (Lipinski definition) is 0. The molecule has 1 atom stereocenters. The lowest BCUT2D eigenvalue weighted by molar-refractivity contribution is 0.0205. The van der Waals surface area contributed by atoms with Crippen molar-refractivity contribution in [3.05, 3.63) is 20.8 Å². The van der Waals surface area contributed by atoms with E-state index in [4.69, 9.17) is 4.74 Å². The molecule has 2 rings (SSSR count). The molecule has 1 unspecified atom stereocenters. The summed E-state index contributed by atoms with van der Waals surface area (Å²) in [6, 6.07) is 4.85. The van der Waals surface area contributed by atoms with E-state index in [0.717, 1.165) is 26.3 Å². The Balaban J connectivity index is 2.03. The van der Waals surface area contributed by atoms with E-state index in [0.29, 0.717) is 6.04 Å². The fourth-order valence-electron chi connectivity index (χ4n) is 1.70. The number of ether oxygens (including phenoxy) is 1. The Morgan fingerprint density at radius 1 is 1.43 bits per heavy atom. The first-order valence-electron chi connectivity index (χ1n) is 4.84. The van der Waals surface area contributed by atoms with Gasteiger partial charge in [-0.25, -0.2) is 0 Å². The molecule has 1 aliphatic heterocycles. The molecule has 0 radical (unpaired) electrons. The SMILES string of the molecule is CC(c1ccc(Br)s1)N1CCOCC1. The average molecular weight is 276 g/mol. The zero-order valence-electron chi connectivity index (χ0n) is 8.20. The molecule has 0 amide bonds. The second-order valence-corrected chi connectivity index (χ2v) is 5.96. The normalized spacial score (nSPS) is 21.0. The average Bonchev–Trinajstić information content (AvgIpc) is 2.65. The first kappa shape index (κ1) is 10.6. The summed E-state index contributed by atoms with van der Waals surface area (Å²) in [6.45, 7) is 6.12. The number of thiophene rings is 1. The summed E-state index contributed by atoms with van der Waals surface area (Å²) in [6.07, 6.45) is 0. The van der Waals surface area contributed by atoms with Gasteiger partial charge in [0.25, 0.3) is 0 Å². The summed E-state index contributed by atoms with van der Waals surface area (Å²) in [5, 5.41) is 0. The van der Waals surface area contributed by atoms with Crippen molar-refractivity contribution in [2.45, 2.75) is 13.0 Å². The van der Waals surface area contributed by atoms with Gasteiger partial charge in [0.05, 0.1) is 17.0 Å². The topological polar surface area (TPSA) is 12.5 Å². The smallest absolute Gasteiger partial charge is 0.0701 e. The van der Waals surface area contributed by atoms with Crippen LogP contribution in [0.1, 0.15) is 17.8 Å².